The molecule has 1 heterocycles. The van der Waals surface area contributed by atoms with E-state index in [-0.39, 0.29) is 5.54 Å². The van der Waals surface area contributed by atoms with Gasteiger partial charge in [0.1, 0.15) is 0 Å². The van der Waals surface area contributed by atoms with Crippen molar-refractivity contribution >= 4 is 5.78 Å². The van der Waals surface area contributed by atoms with Crippen LogP contribution in [0.4, 0.5) is 0 Å². The third-order valence-electron chi connectivity index (χ3n) is 3.76. The van der Waals surface area contributed by atoms with Crippen molar-refractivity contribution in [1.82, 2.24) is 4.90 Å². The number of ether oxygens (including phenoxy) is 1. The van der Waals surface area contributed by atoms with Crippen molar-refractivity contribution in [2.75, 3.05) is 26.3 Å². The fourth-order valence-electron chi connectivity index (χ4n) is 2.26. The van der Waals surface area contributed by atoms with E-state index in [0.717, 1.165) is 52.0 Å². The van der Waals surface area contributed by atoms with Crippen molar-refractivity contribution in [3.8, 4) is 0 Å². The fourth-order valence-corrected chi connectivity index (χ4v) is 2.26. The first-order chi connectivity index (χ1) is 7.65. The molecule has 1 aliphatic heterocycles. The van der Waals surface area contributed by atoms with Gasteiger partial charge in [-0.2, -0.15) is 0 Å². The summed E-state index contributed by atoms with van der Waals surface area (Å²) < 4.78 is 5.35. The Kier molecular flexibility index (Phi) is 5.42. The second kappa shape index (κ2) is 6.36. The lowest BCUT2D eigenvalue weighted by molar-refractivity contribution is -0.134. The molecule has 0 aromatic rings. The number of ketones is 1. The zero-order valence-corrected chi connectivity index (χ0v) is 10.9. The summed E-state index contributed by atoms with van der Waals surface area (Å²) in [4.78, 5) is 14.6. The standard InChI is InChI=1S/C13H25NO2/c1-4-6-7-12(15)13(3,5-2)14-8-10-16-11-9-14/h4-11H2,1-3H3. The van der Waals surface area contributed by atoms with Gasteiger partial charge < -0.3 is 4.74 Å². The number of nitrogens with zero attached hydrogens (tertiary/aromatic N) is 1. The summed E-state index contributed by atoms with van der Waals surface area (Å²) in [5, 5.41) is 0. The molecule has 0 spiro atoms. The Balaban J connectivity index is 2.62. The molecular formula is C13H25NO2. The molecule has 1 unspecified atom stereocenters. The van der Waals surface area contributed by atoms with Gasteiger partial charge in [-0.15, -0.1) is 0 Å². The van der Waals surface area contributed by atoms with E-state index in [2.05, 4.69) is 25.7 Å². The first kappa shape index (κ1) is 13.7. The van der Waals surface area contributed by atoms with Crippen LogP contribution in [0.25, 0.3) is 0 Å². The highest BCUT2D eigenvalue weighted by Gasteiger charge is 2.37. The number of hydrogen-bond acceptors (Lipinski definition) is 3. The second-order valence-corrected chi connectivity index (χ2v) is 4.75. The molecule has 16 heavy (non-hydrogen) atoms. The van der Waals surface area contributed by atoms with Crippen molar-refractivity contribution in [3.05, 3.63) is 0 Å². The summed E-state index contributed by atoms with van der Waals surface area (Å²) >= 11 is 0. The van der Waals surface area contributed by atoms with Crippen LogP contribution in [0.3, 0.4) is 0 Å². The van der Waals surface area contributed by atoms with Crippen LogP contribution in [-0.4, -0.2) is 42.5 Å². The van der Waals surface area contributed by atoms with Gasteiger partial charge in [0, 0.05) is 19.5 Å². The molecule has 0 aliphatic carbocycles. The van der Waals surface area contributed by atoms with E-state index in [9.17, 15) is 4.79 Å². The van der Waals surface area contributed by atoms with Gasteiger partial charge in [0.15, 0.2) is 5.78 Å². The van der Waals surface area contributed by atoms with Crippen LogP contribution < -0.4 is 0 Å². The summed E-state index contributed by atoms with van der Waals surface area (Å²) in [6, 6.07) is 0. The lowest BCUT2D eigenvalue weighted by Gasteiger charge is -2.41. The Bertz CT molecular complexity index is 224. The molecule has 0 N–H and O–H groups in total. The molecule has 94 valence electrons. The smallest absolute Gasteiger partial charge is 0.152 e. The summed E-state index contributed by atoms with van der Waals surface area (Å²) in [5.74, 6) is 0.402. The second-order valence-electron chi connectivity index (χ2n) is 4.75. The highest BCUT2D eigenvalue weighted by molar-refractivity contribution is 5.87. The minimum absolute atomic E-state index is 0.265. The van der Waals surface area contributed by atoms with Crippen molar-refractivity contribution in [3.63, 3.8) is 0 Å². The topological polar surface area (TPSA) is 29.5 Å². The molecule has 1 atom stereocenters. The Labute approximate surface area is 99.1 Å². The maximum Gasteiger partial charge on any atom is 0.152 e. The number of rotatable bonds is 6. The van der Waals surface area contributed by atoms with Crippen molar-refractivity contribution in [1.29, 1.82) is 0 Å². The van der Waals surface area contributed by atoms with Crippen molar-refractivity contribution in [2.45, 2.75) is 52.0 Å². The minimum Gasteiger partial charge on any atom is -0.379 e. The molecule has 0 saturated carbocycles. The van der Waals surface area contributed by atoms with E-state index in [0.29, 0.717) is 5.78 Å². The van der Waals surface area contributed by atoms with Gasteiger partial charge in [-0.3, -0.25) is 9.69 Å². The van der Waals surface area contributed by atoms with Crippen LogP contribution in [-0.2, 0) is 9.53 Å². The molecule has 1 fully saturated rings. The predicted molar refractivity (Wildman–Crippen MR) is 65.6 cm³/mol. The quantitative estimate of drug-likeness (QED) is 0.697. The average Bonchev–Trinajstić information content (AvgIpc) is 2.35. The van der Waals surface area contributed by atoms with Gasteiger partial charge in [-0.1, -0.05) is 20.3 Å². The minimum atomic E-state index is -0.265. The number of morpholine rings is 1. The van der Waals surface area contributed by atoms with E-state index in [1.165, 1.54) is 0 Å². The SMILES string of the molecule is CCCCC(=O)C(C)(CC)N1CCOCC1. The Morgan fingerprint density at radius 2 is 1.94 bits per heavy atom. The largest absolute Gasteiger partial charge is 0.379 e. The van der Waals surface area contributed by atoms with E-state index in [1.54, 1.807) is 0 Å². The molecule has 0 radical (unpaired) electrons. The zero-order chi connectivity index (χ0) is 12.0. The van der Waals surface area contributed by atoms with Crippen LogP contribution in [0.2, 0.25) is 0 Å². The molecule has 1 aliphatic rings. The third-order valence-corrected chi connectivity index (χ3v) is 3.76. The van der Waals surface area contributed by atoms with Crippen LogP contribution in [0.1, 0.15) is 46.5 Å². The molecule has 0 amide bonds. The molecule has 1 saturated heterocycles. The van der Waals surface area contributed by atoms with E-state index in [1.807, 2.05) is 0 Å². The first-order valence-corrected chi connectivity index (χ1v) is 6.51. The van der Waals surface area contributed by atoms with E-state index in [4.69, 9.17) is 4.74 Å². The molecule has 0 bridgehead atoms. The summed E-state index contributed by atoms with van der Waals surface area (Å²) in [6.45, 7) is 9.64. The normalized spacial score (nSPS) is 21.7. The first-order valence-electron chi connectivity index (χ1n) is 6.51. The Morgan fingerprint density at radius 3 is 2.44 bits per heavy atom. The van der Waals surface area contributed by atoms with Crippen molar-refractivity contribution in [2.24, 2.45) is 0 Å². The summed E-state index contributed by atoms with van der Waals surface area (Å²) in [5.41, 5.74) is -0.265. The predicted octanol–water partition coefficient (Wildman–Crippen LogP) is 2.25. The van der Waals surface area contributed by atoms with Crippen LogP contribution in [0, 0.1) is 0 Å². The highest BCUT2D eigenvalue weighted by Crippen LogP contribution is 2.24. The zero-order valence-electron chi connectivity index (χ0n) is 10.9. The molecule has 1 rings (SSSR count). The number of unbranched alkanes of at least 4 members (excludes halogenated alkanes) is 1. The van der Waals surface area contributed by atoms with Gasteiger partial charge in [0.25, 0.3) is 0 Å². The van der Waals surface area contributed by atoms with Crippen LogP contribution in [0.15, 0.2) is 0 Å². The maximum atomic E-state index is 12.3. The molecule has 0 aromatic heterocycles. The van der Waals surface area contributed by atoms with Gasteiger partial charge in [-0.25, -0.2) is 0 Å². The number of Topliss-reactive ketones (excluding diaryl/α,β-unsaturated/α-hetero) is 1. The highest BCUT2D eigenvalue weighted by atomic mass is 16.5. The maximum absolute atomic E-state index is 12.3. The Hall–Kier alpha value is -0.410. The van der Waals surface area contributed by atoms with Gasteiger partial charge in [0.05, 0.1) is 18.8 Å². The van der Waals surface area contributed by atoms with E-state index < -0.39 is 0 Å². The summed E-state index contributed by atoms with van der Waals surface area (Å²) in [6.07, 6.45) is 3.72. The number of carbonyl (C=O) groups excluding carboxylic acids is 1. The van der Waals surface area contributed by atoms with Crippen LogP contribution in [0.5, 0.6) is 0 Å². The van der Waals surface area contributed by atoms with Gasteiger partial charge in [-0.05, 0) is 19.8 Å². The lowest BCUT2D eigenvalue weighted by atomic mass is 9.87. The van der Waals surface area contributed by atoms with Crippen molar-refractivity contribution < 1.29 is 9.53 Å². The number of carbonyl (C=O) groups is 1. The summed E-state index contributed by atoms with van der Waals surface area (Å²) in [7, 11) is 0. The number of hydrogen-bond donors (Lipinski definition) is 0. The fraction of sp³-hybridized carbons (Fsp3) is 0.923. The average molecular weight is 227 g/mol. The van der Waals surface area contributed by atoms with Gasteiger partial charge in [0.2, 0.25) is 0 Å². The van der Waals surface area contributed by atoms with E-state index >= 15 is 0 Å². The molecule has 3 heteroatoms. The monoisotopic (exact) mass is 227 g/mol. The Morgan fingerprint density at radius 1 is 1.31 bits per heavy atom. The van der Waals surface area contributed by atoms with Crippen LogP contribution >= 0.6 is 0 Å². The third kappa shape index (κ3) is 3.05. The lowest BCUT2D eigenvalue weighted by Crippen LogP contribution is -2.56. The molecule has 0 aromatic carbocycles. The molecule has 3 nitrogen and oxygen atoms in total. The van der Waals surface area contributed by atoms with Gasteiger partial charge >= 0.3 is 0 Å². The molecular weight excluding hydrogens is 202 g/mol.